The van der Waals surface area contributed by atoms with E-state index in [-0.39, 0.29) is 11.6 Å². The molecule has 7 nitrogen and oxygen atoms in total. The number of amides is 1. The van der Waals surface area contributed by atoms with Crippen LogP contribution in [0.25, 0.3) is 0 Å². The number of nitrogens with one attached hydrogen (secondary N) is 3. The molecule has 0 radical (unpaired) electrons. The second kappa shape index (κ2) is 9.33. The van der Waals surface area contributed by atoms with Gasteiger partial charge in [-0.1, -0.05) is 24.3 Å². The SMILES string of the molecule is C[C@H]1CCC(=N)N1C(=N)C1=CC=CC(C)(NC(=O)c2cc3c(cc2F)CCN(c2ccccn2)C3)C1. The largest absolute Gasteiger partial charge is 0.352 e. The van der Waals surface area contributed by atoms with Gasteiger partial charge in [0.25, 0.3) is 5.91 Å². The van der Waals surface area contributed by atoms with Crippen molar-refractivity contribution in [1.82, 2.24) is 15.2 Å². The van der Waals surface area contributed by atoms with E-state index in [9.17, 15) is 4.79 Å². The van der Waals surface area contributed by atoms with Gasteiger partial charge in [0, 0.05) is 38.2 Å². The maximum atomic E-state index is 15.0. The number of hydrogen-bond donors (Lipinski definition) is 3. The Bertz CT molecular complexity index is 1290. The summed E-state index contributed by atoms with van der Waals surface area (Å²) in [6, 6.07) is 9.02. The van der Waals surface area contributed by atoms with Gasteiger partial charge in [-0.15, -0.1) is 0 Å². The normalized spacial score (nSPS) is 23.4. The number of fused-ring (bicyclic) bond motifs is 1. The van der Waals surface area contributed by atoms with Crippen molar-refractivity contribution in [2.75, 3.05) is 11.4 Å². The van der Waals surface area contributed by atoms with Gasteiger partial charge in [-0.3, -0.25) is 15.6 Å². The molecule has 2 atom stereocenters. The topological polar surface area (TPSA) is 96.2 Å². The summed E-state index contributed by atoms with van der Waals surface area (Å²) >= 11 is 0. The molecule has 3 N–H and O–H groups in total. The first kappa shape index (κ1) is 23.9. The van der Waals surface area contributed by atoms with Crippen LogP contribution in [-0.2, 0) is 13.0 Å². The Morgan fingerprint density at radius 3 is 2.81 bits per heavy atom. The van der Waals surface area contributed by atoms with Gasteiger partial charge in [-0.2, -0.15) is 0 Å². The van der Waals surface area contributed by atoms with Crippen molar-refractivity contribution < 1.29 is 9.18 Å². The summed E-state index contributed by atoms with van der Waals surface area (Å²) in [7, 11) is 0. The molecule has 1 fully saturated rings. The van der Waals surface area contributed by atoms with Gasteiger partial charge >= 0.3 is 0 Å². The van der Waals surface area contributed by atoms with E-state index in [0.29, 0.717) is 37.5 Å². The van der Waals surface area contributed by atoms with E-state index in [0.717, 1.165) is 35.5 Å². The van der Waals surface area contributed by atoms with E-state index < -0.39 is 17.3 Å². The predicted octanol–water partition coefficient (Wildman–Crippen LogP) is 4.60. The number of carbonyl (C=O) groups excluding carboxylic acids is 1. The molecule has 36 heavy (non-hydrogen) atoms. The van der Waals surface area contributed by atoms with Crippen LogP contribution in [0.15, 0.2) is 60.3 Å². The molecule has 1 aromatic carbocycles. The van der Waals surface area contributed by atoms with Crippen molar-refractivity contribution in [1.29, 1.82) is 10.8 Å². The Hall–Kier alpha value is -3.81. The summed E-state index contributed by atoms with van der Waals surface area (Å²) in [5.41, 5.74) is 1.83. The first-order chi connectivity index (χ1) is 17.2. The number of allylic oxidation sites excluding steroid dienone is 2. The molecule has 2 aromatic rings. The van der Waals surface area contributed by atoms with E-state index in [1.165, 1.54) is 6.07 Å². The Kier molecular flexibility index (Phi) is 6.20. The maximum absolute atomic E-state index is 15.0. The smallest absolute Gasteiger partial charge is 0.254 e. The number of carbonyl (C=O) groups is 1. The number of rotatable bonds is 4. The minimum Gasteiger partial charge on any atom is -0.352 e. The minimum absolute atomic E-state index is 0.0207. The molecular formula is C28H31FN6O. The number of hydrogen-bond acceptors (Lipinski definition) is 5. The molecule has 3 aliphatic rings. The van der Waals surface area contributed by atoms with Crippen molar-refractivity contribution in [3.63, 3.8) is 0 Å². The third-order valence-electron chi connectivity index (χ3n) is 7.31. The van der Waals surface area contributed by atoms with Crippen molar-refractivity contribution in [3.8, 4) is 0 Å². The highest BCUT2D eigenvalue weighted by atomic mass is 19.1. The number of aromatic nitrogens is 1. The lowest BCUT2D eigenvalue weighted by atomic mass is 9.86. The predicted molar refractivity (Wildman–Crippen MR) is 139 cm³/mol. The number of likely N-dealkylation sites (tertiary alicyclic amines) is 1. The first-order valence-corrected chi connectivity index (χ1v) is 12.4. The number of halogens is 1. The molecule has 2 aliphatic heterocycles. The highest BCUT2D eigenvalue weighted by Gasteiger charge is 2.34. The molecular weight excluding hydrogens is 455 g/mol. The van der Waals surface area contributed by atoms with E-state index in [1.54, 1.807) is 17.2 Å². The molecule has 3 heterocycles. The van der Waals surface area contributed by atoms with Crippen LogP contribution in [0.2, 0.25) is 0 Å². The Balaban J connectivity index is 1.32. The average Bonchev–Trinajstić information content (AvgIpc) is 3.20. The van der Waals surface area contributed by atoms with Gasteiger partial charge in [0.15, 0.2) is 0 Å². The van der Waals surface area contributed by atoms with Gasteiger partial charge in [0.2, 0.25) is 0 Å². The summed E-state index contributed by atoms with van der Waals surface area (Å²) in [5.74, 6) is 0.603. The summed E-state index contributed by atoms with van der Waals surface area (Å²) < 4.78 is 15.0. The number of amidine groups is 2. The number of anilines is 1. The molecule has 186 valence electrons. The average molecular weight is 487 g/mol. The third kappa shape index (κ3) is 4.55. The molecule has 0 spiro atoms. The van der Waals surface area contributed by atoms with Gasteiger partial charge in [-0.05, 0) is 67.7 Å². The fraction of sp³-hybridized carbons (Fsp3) is 0.357. The lowest BCUT2D eigenvalue weighted by Gasteiger charge is -2.34. The molecule has 0 bridgehead atoms. The van der Waals surface area contributed by atoms with Crippen LogP contribution >= 0.6 is 0 Å². The Morgan fingerprint density at radius 2 is 2.08 bits per heavy atom. The van der Waals surface area contributed by atoms with Crippen molar-refractivity contribution >= 4 is 23.4 Å². The number of nitrogens with zero attached hydrogens (tertiary/aromatic N) is 3. The fourth-order valence-corrected chi connectivity index (χ4v) is 5.33. The van der Waals surface area contributed by atoms with E-state index in [2.05, 4.69) is 15.2 Å². The summed E-state index contributed by atoms with van der Waals surface area (Å²) in [5, 5.41) is 19.9. The quantitative estimate of drug-likeness (QED) is 0.435. The first-order valence-electron chi connectivity index (χ1n) is 12.4. The van der Waals surface area contributed by atoms with Crippen molar-refractivity contribution in [2.24, 2.45) is 0 Å². The summed E-state index contributed by atoms with van der Waals surface area (Å²) in [4.78, 5) is 21.6. The van der Waals surface area contributed by atoms with Crippen LogP contribution in [0.1, 0.15) is 54.6 Å². The maximum Gasteiger partial charge on any atom is 0.254 e. The van der Waals surface area contributed by atoms with Gasteiger partial charge in [0.1, 0.15) is 23.3 Å². The molecule has 1 aromatic heterocycles. The van der Waals surface area contributed by atoms with Crippen LogP contribution < -0.4 is 10.2 Å². The van der Waals surface area contributed by atoms with Crippen molar-refractivity contribution in [2.45, 2.75) is 57.7 Å². The summed E-state index contributed by atoms with van der Waals surface area (Å²) in [6.45, 7) is 5.20. The van der Waals surface area contributed by atoms with Gasteiger partial charge in [-0.25, -0.2) is 9.37 Å². The fourth-order valence-electron chi connectivity index (χ4n) is 5.33. The number of benzene rings is 1. The van der Waals surface area contributed by atoms with E-state index >= 15 is 4.39 Å². The molecule has 1 saturated heterocycles. The zero-order chi connectivity index (χ0) is 25.4. The second-order valence-electron chi connectivity index (χ2n) is 10.1. The van der Waals surface area contributed by atoms with Gasteiger partial charge < -0.3 is 15.1 Å². The lowest BCUT2D eigenvalue weighted by molar-refractivity contribution is 0.0918. The van der Waals surface area contributed by atoms with Crippen LogP contribution in [0.3, 0.4) is 0 Å². The molecule has 5 rings (SSSR count). The molecule has 8 heteroatoms. The third-order valence-corrected chi connectivity index (χ3v) is 7.31. The molecule has 1 amide bonds. The monoisotopic (exact) mass is 486 g/mol. The molecule has 1 aliphatic carbocycles. The van der Waals surface area contributed by atoms with Crippen LogP contribution in [0, 0.1) is 16.6 Å². The highest BCUT2D eigenvalue weighted by molar-refractivity contribution is 6.08. The van der Waals surface area contributed by atoms with E-state index in [4.69, 9.17) is 10.8 Å². The zero-order valence-electron chi connectivity index (χ0n) is 20.6. The van der Waals surface area contributed by atoms with Crippen LogP contribution in [0.4, 0.5) is 10.2 Å². The lowest BCUT2D eigenvalue weighted by Crippen LogP contribution is -2.47. The summed E-state index contributed by atoms with van der Waals surface area (Å²) in [6.07, 6.45) is 9.91. The minimum atomic E-state index is -0.777. The van der Waals surface area contributed by atoms with Crippen LogP contribution in [-0.4, -0.2) is 45.6 Å². The van der Waals surface area contributed by atoms with E-state index in [1.807, 2.05) is 50.3 Å². The van der Waals surface area contributed by atoms with Crippen molar-refractivity contribution in [3.05, 3.63) is 82.8 Å². The highest BCUT2D eigenvalue weighted by Crippen LogP contribution is 2.30. The van der Waals surface area contributed by atoms with Crippen LogP contribution in [0.5, 0.6) is 0 Å². The number of pyridine rings is 1. The molecule has 0 saturated carbocycles. The Labute approximate surface area is 210 Å². The zero-order valence-corrected chi connectivity index (χ0v) is 20.6. The Morgan fingerprint density at radius 1 is 1.25 bits per heavy atom. The standard InChI is InChI=1S/C28H31FN6O/c1-18-8-9-24(30)35(18)26(31)20-6-5-11-28(2,16-20)33-27(36)22-14-21-17-34(25-7-3-4-12-32-25)13-10-19(21)15-23(22)29/h3-7,11-12,14-15,18,30-31H,8-10,13,16-17H2,1-2H3,(H,33,36)/t18-,28?/m0/s1. The molecule has 1 unspecified atom stereocenters. The second-order valence-corrected chi connectivity index (χ2v) is 10.1. The van der Waals surface area contributed by atoms with Gasteiger partial charge in [0.05, 0.1) is 11.1 Å².